The Morgan fingerprint density at radius 1 is 1.38 bits per heavy atom. The Labute approximate surface area is 142 Å². The van der Waals surface area contributed by atoms with Gasteiger partial charge in [0.05, 0.1) is 5.02 Å². The van der Waals surface area contributed by atoms with Gasteiger partial charge in [0.15, 0.2) is 5.78 Å². The van der Waals surface area contributed by atoms with Gasteiger partial charge in [-0.15, -0.1) is 0 Å². The lowest BCUT2D eigenvalue weighted by Crippen LogP contribution is -2.29. The van der Waals surface area contributed by atoms with Crippen LogP contribution in [0.25, 0.3) is 11.0 Å². The highest BCUT2D eigenvalue weighted by atomic mass is 35.5. The lowest BCUT2D eigenvalue weighted by atomic mass is 10.1. The number of anilines is 1. The van der Waals surface area contributed by atoms with Crippen LogP contribution in [-0.2, 0) is 4.79 Å². The van der Waals surface area contributed by atoms with E-state index < -0.39 is 11.6 Å². The third kappa shape index (κ3) is 3.01. The molecule has 1 heterocycles. The molecule has 0 unspecified atom stereocenters. The SMILES string of the molecule is CCN(CC(=O)O)c1ccc2c(Cl)c(C(=O)C3CC3)c(=O)oc2c1. The number of likely N-dealkylation sites (N-methyl/N-ethyl adjacent to an activating group) is 1. The molecule has 0 amide bonds. The largest absolute Gasteiger partial charge is 0.480 e. The molecular weight excluding hydrogens is 334 g/mol. The first-order valence-electron chi connectivity index (χ1n) is 7.69. The Kier molecular flexibility index (Phi) is 4.32. The second kappa shape index (κ2) is 6.28. The Balaban J connectivity index is 2.08. The average molecular weight is 350 g/mol. The zero-order valence-electron chi connectivity index (χ0n) is 13.0. The van der Waals surface area contributed by atoms with Gasteiger partial charge in [0.1, 0.15) is 17.7 Å². The van der Waals surface area contributed by atoms with E-state index in [-0.39, 0.29) is 34.4 Å². The van der Waals surface area contributed by atoms with Crippen molar-refractivity contribution < 1.29 is 19.1 Å². The van der Waals surface area contributed by atoms with Crippen molar-refractivity contribution in [2.24, 2.45) is 5.92 Å². The summed E-state index contributed by atoms with van der Waals surface area (Å²) in [6.45, 7) is 2.14. The van der Waals surface area contributed by atoms with E-state index >= 15 is 0 Å². The fourth-order valence-electron chi connectivity index (χ4n) is 2.66. The van der Waals surface area contributed by atoms with Crippen molar-refractivity contribution in [2.75, 3.05) is 18.0 Å². The van der Waals surface area contributed by atoms with E-state index in [0.717, 1.165) is 12.8 Å². The number of nitrogens with zero attached hydrogens (tertiary/aromatic N) is 1. The number of halogens is 1. The molecule has 126 valence electrons. The van der Waals surface area contributed by atoms with Crippen molar-refractivity contribution in [3.63, 3.8) is 0 Å². The van der Waals surface area contributed by atoms with Gasteiger partial charge in [-0.1, -0.05) is 11.6 Å². The zero-order valence-corrected chi connectivity index (χ0v) is 13.8. The van der Waals surface area contributed by atoms with Crippen molar-refractivity contribution >= 4 is 40.0 Å². The van der Waals surface area contributed by atoms with Crippen molar-refractivity contribution in [2.45, 2.75) is 19.8 Å². The molecule has 0 spiro atoms. The van der Waals surface area contributed by atoms with Gasteiger partial charge in [-0.05, 0) is 31.9 Å². The summed E-state index contributed by atoms with van der Waals surface area (Å²) in [5.41, 5.74) is 0.00621. The van der Waals surface area contributed by atoms with Crippen molar-refractivity contribution in [3.8, 4) is 0 Å². The van der Waals surface area contributed by atoms with Crippen LogP contribution >= 0.6 is 11.6 Å². The van der Waals surface area contributed by atoms with Crippen LogP contribution in [0.3, 0.4) is 0 Å². The second-order valence-corrected chi connectivity index (χ2v) is 6.18. The van der Waals surface area contributed by atoms with Crippen molar-refractivity contribution in [3.05, 3.63) is 39.2 Å². The first kappa shape index (κ1) is 16.5. The van der Waals surface area contributed by atoms with Crippen LogP contribution in [0.15, 0.2) is 27.4 Å². The van der Waals surface area contributed by atoms with Crippen molar-refractivity contribution in [1.82, 2.24) is 0 Å². The van der Waals surface area contributed by atoms with Gasteiger partial charge in [0.2, 0.25) is 0 Å². The topological polar surface area (TPSA) is 87.8 Å². The van der Waals surface area contributed by atoms with Crippen LogP contribution in [0.1, 0.15) is 30.1 Å². The molecule has 24 heavy (non-hydrogen) atoms. The second-order valence-electron chi connectivity index (χ2n) is 5.81. The first-order valence-corrected chi connectivity index (χ1v) is 8.07. The third-order valence-electron chi connectivity index (χ3n) is 4.10. The quantitative estimate of drug-likeness (QED) is 0.637. The average Bonchev–Trinajstić information content (AvgIpc) is 3.36. The summed E-state index contributed by atoms with van der Waals surface area (Å²) in [4.78, 5) is 36.9. The maximum atomic E-state index is 12.2. The minimum absolute atomic E-state index is 0.0858. The minimum atomic E-state index is -0.957. The zero-order chi connectivity index (χ0) is 17.4. The maximum Gasteiger partial charge on any atom is 0.348 e. The summed E-state index contributed by atoms with van der Waals surface area (Å²) in [6, 6.07) is 4.91. The van der Waals surface area contributed by atoms with Gasteiger partial charge in [0, 0.05) is 29.6 Å². The Morgan fingerprint density at radius 2 is 2.08 bits per heavy atom. The number of carbonyl (C=O) groups excluding carboxylic acids is 1. The van der Waals surface area contributed by atoms with Gasteiger partial charge in [-0.3, -0.25) is 9.59 Å². The molecule has 1 fully saturated rings. The number of carbonyl (C=O) groups is 2. The maximum absolute atomic E-state index is 12.2. The smallest absolute Gasteiger partial charge is 0.348 e. The highest BCUT2D eigenvalue weighted by Gasteiger charge is 2.34. The van der Waals surface area contributed by atoms with E-state index in [1.807, 2.05) is 6.92 Å². The van der Waals surface area contributed by atoms with Gasteiger partial charge >= 0.3 is 11.6 Å². The molecule has 1 saturated carbocycles. The predicted octanol–water partition coefficient (Wildman–Crippen LogP) is 2.95. The lowest BCUT2D eigenvalue weighted by Gasteiger charge is -2.21. The standard InChI is InChI=1S/C17H16ClNO5/c1-2-19(8-13(20)21)10-5-6-11-12(7-10)24-17(23)14(15(11)18)16(22)9-3-4-9/h5-7,9H,2-4,8H2,1H3,(H,20,21). The number of aliphatic carboxylic acids is 1. The third-order valence-corrected chi connectivity index (χ3v) is 4.49. The summed E-state index contributed by atoms with van der Waals surface area (Å²) in [7, 11) is 0. The Hall–Kier alpha value is -2.34. The molecule has 1 aromatic heterocycles. The Morgan fingerprint density at radius 3 is 2.67 bits per heavy atom. The molecule has 2 aromatic rings. The molecule has 1 aliphatic rings. The van der Waals surface area contributed by atoms with E-state index in [2.05, 4.69) is 0 Å². The number of fused-ring (bicyclic) bond motifs is 1. The Bertz CT molecular complexity index is 884. The number of benzene rings is 1. The number of rotatable bonds is 6. The molecule has 0 radical (unpaired) electrons. The van der Waals surface area contributed by atoms with E-state index in [1.54, 1.807) is 23.1 Å². The normalized spacial score (nSPS) is 13.9. The molecular formula is C17H16ClNO5. The lowest BCUT2D eigenvalue weighted by molar-refractivity contribution is -0.135. The number of carboxylic acid groups (broad SMARTS) is 1. The van der Waals surface area contributed by atoms with E-state index in [9.17, 15) is 14.4 Å². The number of ketones is 1. The van der Waals surface area contributed by atoms with E-state index in [1.165, 1.54) is 0 Å². The number of Topliss-reactive ketones (excluding diaryl/α,β-unsaturated/α-hetero) is 1. The molecule has 6 nitrogen and oxygen atoms in total. The summed E-state index contributed by atoms with van der Waals surface area (Å²) in [6.07, 6.45) is 1.54. The predicted molar refractivity (Wildman–Crippen MR) is 90.1 cm³/mol. The molecule has 1 N–H and O–H groups in total. The fraction of sp³-hybridized carbons (Fsp3) is 0.353. The number of carboxylic acids is 1. The minimum Gasteiger partial charge on any atom is -0.480 e. The fourth-order valence-corrected chi connectivity index (χ4v) is 2.98. The summed E-state index contributed by atoms with van der Waals surface area (Å²) >= 11 is 6.28. The monoisotopic (exact) mass is 349 g/mol. The van der Waals surface area contributed by atoms with Gasteiger partial charge in [-0.2, -0.15) is 0 Å². The van der Waals surface area contributed by atoms with Crippen LogP contribution in [0, 0.1) is 5.92 Å². The van der Waals surface area contributed by atoms with Gasteiger partial charge < -0.3 is 14.4 Å². The molecule has 0 atom stereocenters. The van der Waals surface area contributed by atoms with Crippen molar-refractivity contribution in [1.29, 1.82) is 0 Å². The van der Waals surface area contributed by atoms with Crippen LogP contribution in [-0.4, -0.2) is 29.9 Å². The molecule has 1 aliphatic carbocycles. The van der Waals surface area contributed by atoms with E-state index in [0.29, 0.717) is 17.6 Å². The van der Waals surface area contributed by atoms with E-state index in [4.69, 9.17) is 21.1 Å². The highest BCUT2D eigenvalue weighted by Crippen LogP contribution is 2.36. The molecule has 7 heteroatoms. The molecule has 0 aliphatic heterocycles. The number of hydrogen-bond donors (Lipinski definition) is 1. The van der Waals surface area contributed by atoms with Crippen LogP contribution in [0.2, 0.25) is 5.02 Å². The molecule has 1 aromatic carbocycles. The summed E-state index contributed by atoms with van der Waals surface area (Å²) < 4.78 is 5.28. The molecule has 3 rings (SSSR count). The molecule has 0 saturated heterocycles. The van der Waals surface area contributed by atoms with Crippen LogP contribution in [0.5, 0.6) is 0 Å². The van der Waals surface area contributed by atoms with Crippen LogP contribution < -0.4 is 10.5 Å². The van der Waals surface area contributed by atoms with Gasteiger partial charge in [-0.25, -0.2) is 4.79 Å². The highest BCUT2D eigenvalue weighted by molar-refractivity contribution is 6.38. The van der Waals surface area contributed by atoms with Gasteiger partial charge in [0.25, 0.3) is 0 Å². The summed E-state index contributed by atoms with van der Waals surface area (Å²) in [5.74, 6) is -1.35. The number of hydrogen-bond acceptors (Lipinski definition) is 5. The van der Waals surface area contributed by atoms with Crippen LogP contribution in [0.4, 0.5) is 5.69 Å². The first-order chi connectivity index (χ1) is 11.4. The summed E-state index contributed by atoms with van der Waals surface area (Å²) in [5, 5.41) is 9.53. The molecule has 0 bridgehead atoms.